The Hall–Kier alpha value is -4.05. The van der Waals surface area contributed by atoms with E-state index < -0.39 is 36.5 Å². The van der Waals surface area contributed by atoms with Gasteiger partial charge in [0.15, 0.2) is 17.6 Å². The minimum absolute atomic E-state index is 0.0865. The fraction of sp³-hybridized carbons (Fsp3) is 0.182. The number of hydrogen-bond donors (Lipinski definition) is 3. The van der Waals surface area contributed by atoms with Gasteiger partial charge in [0.25, 0.3) is 5.91 Å². The van der Waals surface area contributed by atoms with Crippen LogP contribution in [0.15, 0.2) is 48.2 Å². The number of carboxylic acids is 1. The highest BCUT2D eigenvalue weighted by molar-refractivity contribution is 6.30. The van der Waals surface area contributed by atoms with Crippen molar-refractivity contribution in [2.45, 2.75) is 13.0 Å². The molecule has 1 fully saturated rings. The predicted molar refractivity (Wildman–Crippen MR) is 119 cm³/mol. The van der Waals surface area contributed by atoms with Gasteiger partial charge in [-0.05, 0) is 43.3 Å². The number of aliphatic carboxylic acids is 1. The lowest BCUT2D eigenvalue weighted by atomic mass is 10.1. The highest BCUT2D eigenvalue weighted by atomic mass is 35.5. The van der Waals surface area contributed by atoms with Crippen LogP contribution >= 0.6 is 11.6 Å². The van der Waals surface area contributed by atoms with E-state index in [1.807, 2.05) is 0 Å². The Bertz CT molecular complexity index is 1130. The van der Waals surface area contributed by atoms with E-state index in [1.165, 1.54) is 20.1 Å². The highest BCUT2D eigenvalue weighted by Gasteiger charge is 2.35. The SMILES string of the molecule is COc1cccc(/C=C2\NC(=O)N(CC(=O)Nc3ccc(Cl)cc3)C2=O)c1O[C@@H](C)C(=O)O. The van der Waals surface area contributed by atoms with Gasteiger partial charge in [-0.25, -0.2) is 14.5 Å². The second-order valence-electron chi connectivity index (χ2n) is 6.91. The molecular formula is C22H20ClN3O7. The minimum Gasteiger partial charge on any atom is -0.493 e. The zero-order valence-corrected chi connectivity index (χ0v) is 18.4. The van der Waals surface area contributed by atoms with E-state index in [0.29, 0.717) is 16.3 Å². The molecule has 0 spiro atoms. The van der Waals surface area contributed by atoms with Crippen molar-refractivity contribution < 1.29 is 33.8 Å². The molecule has 1 heterocycles. The van der Waals surface area contributed by atoms with Crippen molar-refractivity contribution in [3.63, 3.8) is 0 Å². The maximum atomic E-state index is 12.8. The lowest BCUT2D eigenvalue weighted by Crippen LogP contribution is -2.38. The number of carbonyl (C=O) groups excluding carboxylic acids is 3. The van der Waals surface area contributed by atoms with Crippen molar-refractivity contribution in [2.75, 3.05) is 19.0 Å². The molecule has 2 aromatic carbocycles. The lowest BCUT2D eigenvalue weighted by Gasteiger charge is -2.16. The zero-order chi connectivity index (χ0) is 24.1. The van der Waals surface area contributed by atoms with Crippen LogP contribution in [0.25, 0.3) is 6.08 Å². The smallest absolute Gasteiger partial charge is 0.344 e. The van der Waals surface area contributed by atoms with Crippen molar-refractivity contribution in [3.8, 4) is 11.5 Å². The third-order valence-electron chi connectivity index (χ3n) is 4.56. The number of carbonyl (C=O) groups is 4. The van der Waals surface area contributed by atoms with Crippen LogP contribution in [-0.4, -0.2) is 53.6 Å². The predicted octanol–water partition coefficient (Wildman–Crippen LogP) is 2.73. The minimum atomic E-state index is -1.19. The maximum absolute atomic E-state index is 12.8. The van der Waals surface area contributed by atoms with Crippen molar-refractivity contribution >= 4 is 47.2 Å². The number of imide groups is 1. The summed E-state index contributed by atoms with van der Waals surface area (Å²) in [5, 5.41) is 14.6. The number of rotatable bonds is 8. The van der Waals surface area contributed by atoms with Crippen LogP contribution in [0.2, 0.25) is 5.02 Å². The second-order valence-corrected chi connectivity index (χ2v) is 7.35. The Balaban J connectivity index is 1.80. The van der Waals surface area contributed by atoms with E-state index in [0.717, 1.165) is 4.90 Å². The van der Waals surface area contributed by atoms with Gasteiger partial charge in [-0.15, -0.1) is 0 Å². The summed E-state index contributed by atoms with van der Waals surface area (Å²) in [6.45, 7) is 0.831. The average Bonchev–Trinajstić information content (AvgIpc) is 3.03. The van der Waals surface area contributed by atoms with Crippen LogP contribution < -0.4 is 20.1 Å². The fourth-order valence-corrected chi connectivity index (χ4v) is 3.03. The van der Waals surface area contributed by atoms with Crippen LogP contribution in [0.4, 0.5) is 10.5 Å². The molecule has 1 aliphatic rings. The quantitative estimate of drug-likeness (QED) is 0.396. The van der Waals surface area contributed by atoms with Crippen molar-refractivity contribution in [1.82, 2.24) is 10.2 Å². The van der Waals surface area contributed by atoms with Crippen LogP contribution in [-0.2, 0) is 14.4 Å². The Kier molecular flexibility index (Phi) is 7.19. The molecule has 1 atom stereocenters. The molecule has 0 aromatic heterocycles. The first kappa shape index (κ1) is 23.6. The van der Waals surface area contributed by atoms with Crippen molar-refractivity contribution in [2.24, 2.45) is 0 Å². The normalized spacial score (nSPS) is 15.2. The number of carboxylic acid groups (broad SMARTS) is 1. The summed E-state index contributed by atoms with van der Waals surface area (Å²) in [6.07, 6.45) is 0.129. The van der Waals surface area contributed by atoms with Crippen LogP contribution in [0.3, 0.4) is 0 Å². The summed E-state index contributed by atoms with van der Waals surface area (Å²) < 4.78 is 10.7. The molecule has 1 saturated heterocycles. The molecular weight excluding hydrogens is 454 g/mol. The van der Waals surface area contributed by atoms with Crippen LogP contribution in [0, 0.1) is 0 Å². The monoisotopic (exact) mass is 473 g/mol. The molecule has 0 radical (unpaired) electrons. The maximum Gasteiger partial charge on any atom is 0.344 e. The largest absolute Gasteiger partial charge is 0.493 e. The van der Waals surface area contributed by atoms with Crippen LogP contribution in [0.1, 0.15) is 12.5 Å². The van der Waals surface area contributed by atoms with E-state index >= 15 is 0 Å². The first-order chi connectivity index (χ1) is 15.7. The van der Waals surface area contributed by atoms with E-state index in [9.17, 15) is 19.2 Å². The lowest BCUT2D eigenvalue weighted by molar-refractivity contribution is -0.144. The Morgan fingerprint density at radius 3 is 2.55 bits per heavy atom. The number of methoxy groups -OCH3 is 1. The fourth-order valence-electron chi connectivity index (χ4n) is 2.91. The number of benzene rings is 2. The van der Waals surface area contributed by atoms with Crippen molar-refractivity contribution in [3.05, 3.63) is 58.7 Å². The van der Waals surface area contributed by atoms with Crippen molar-refractivity contribution in [1.29, 1.82) is 0 Å². The number of nitrogens with one attached hydrogen (secondary N) is 2. The highest BCUT2D eigenvalue weighted by Crippen LogP contribution is 2.34. The van der Waals surface area contributed by atoms with Gasteiger partial charge in [0.05, 0.1) is 7.11 Å². The van der Waals surface area contributed by atoms with Gasteiger partial charge in [-0.3, -0.25) is 9.59 Å². The Morgan fingerprint density at radius 1 is 1.21 bits per heavy atom. The van der Waals surface area contributed by atoms with Crippen LogP contribution in [0.5, 0.6) is 11.5 Å². The number of para-hydroxylation sites is 1. The molecule has 33 heavy (non-hydrogen) atoms. The molecule has 4 amide bonds. The third-order valence-corrected chi connectivity index (χ3v) is 4.82. The number of amides is 4. The molecule has 10 nitrogen and oxygen atoms in total. The molecule has 2 aromatic rings. The summed E-state index contributed by atoms with van der Waals surface area (Å²) in [5.74, 6) is -2.17. The zero-order valence-electron chi connectivity index (χ0n) is 17.6. The number of anilines is 1. The summed E-state index contributed by atoms with van der Waals surface area (Å²) in [7, 11) is 1.38. The molecule has 1 aliphatic heterocycles. The van der Waals surface area contributed by atoms with Gasteiger partial charge in [0, 0.05) is 16.3 Å². The topological polar surface area (TPSA) is 134 Å². The number of nitrogens with zero attached hydrogens (tertiary/aromatic N) is 1. The van der Waals surface area contributed by atoms with Gasteiger partial charge in [-0.2, -0.15) is 0 Å². The van der Waals surface area contributed by atoms with E-state index in [-0.39, 0.29) is 17.2 Å². The van der Waals surface area contributed by atoms with Gasteiger partial charge in [0.1, 0.15) is 12.2 Å². The molecule has 11 heteroatoms. The second kappa shape index (κ2) is 10.0. The Morgan fingerprint density at radius 2 is 1.91 bits per heavy atom. The standard InChI is InChI=1S/C22H20ClN3O7/c1-12(21(29)30)33-19-13(4-3-5-17(19)32-2)10-16-20(28)26(22(31)25-16)11-18(27)24-15-8-6-14(23)7-9-15/h3-10,12H,11H2,1-2H3,(H,24,27)(H,25,31)(H,29,30)/b16-10-/t12-/m0/s1. The van der Waals surface area contributed by atoms with E-state index in [4.69, 9.17) is 26.2 Å². The van der Waals surface area contributed by atoms with Gasteiger partial charge >= 0.3 is 12.0 Å². The van der Waals surface area contributed by atoms with Gasteiger partial charge in [-0.1, -0.05) is 23.7 Å². The van der Waals surface area contributed by atoms with E-state index in [2.05, 4.69) is 10.6 Å². The van der Waals surface area contributed by atoms with E-state index in [1.54, 1.807) is 42.5 Å². The Labute approximate surface area is 193 Å². The third kappa shape index (κ3) is 5.60. The number of halogens is 1. The van der Waals surface area contributed by atoms with Gasteiger partial charge < -0.3 is 25.2 Å². The average molecular weight is 474 g/mol. The summed E-state index contributed by atoms with van der Waals surface area (Å²) in [6, 6.07) is 10.3. The summed E-state index contributed by atoms with van der Waals surface area (Å²) in [4.78, 5) is 49.3. The molecule has 3 rings (SSSR count). The molecule has 0 saturated carbocycles. The molecule has 0 unspecified atom stereocenters. The number of urea groups is 1. The first-order valence-electron chi connectivity index (χ1n) is 9.66. The number of ether oxygens (including phenoxy) is 2. The molecule has 172 valence electrons. The molecule has 0 aliphatic carbocycles. The number of hydrogen-bond acceptors (Lipinski definition) is 6. The van der Waals surface area contributed by atoms with Gasteiger partial charge in [0.2, 0.25) is 5.91 Å². The first-order valence-corrected chi connectivity index (χ1v) is 10.0. The summed E-state index contributed by atoms with van der Waals surface area (Å²) in [5.41, 5.74) is 0.650. The molecule has 3 N–H and O–H groups in total. The molecule has 0 bridgehead atoms. The summed E-state index contributed by atoms with van der Waals surface area (Å²) >= 11 is 5.81.